The van der Waals surface area contributed by atoms with Crippen molar-refractivity contribution < 1.29 is 14.3 Å². The van der Waals surface area contributed by atoms with Gasteiger partial charge >= 0.3 is 0 Å². The average Bonchev–Trinajstić information content (AvgIpc) is 3.20. The number of ether oxygens (including phenoxy) is 1. The fourth-order valence-corrected chi connectivity index (χ4v) is 3.61. The number of rotatable bonds is 7. The van der Waals surface area contributed by atoms with E-state index in [0.717, 1.165) is 35.6 Å². The minimum Gasteiger partial charge on any atom is -0.495 e. The zero-order valence-electron chi connectivity index (χ0n) is 17.0. The van der Waals surface area contributed by atoms with Crippen LogP contribution in [0.1, 0.15) is 29.8 Å². The second-order valence-corrected chi connectivity index (χ2v) is 7.38. The van der Waals surface area contributed by atoms with E-state index in [1.165, 1.54) is 0 Å². The molecule has 2 aromatic rings. The summed E-state index contributed by atoms with van der Waals surface area (Å²) in [6.45, 7) is 7.67. The van der Waals surface area contributed by atoms with E-state index >= 15 is 0 Å². The van der Waals surface area contributed by atoms with Crippen LogP contribution in [0.4, 0.5) is 5.69 Å². The summed E-state index contributed by atoms with van der Waals surface area (Å²) in [5.74, 6) is 0.179. The highest BCUT2D eigenvalue weighted by Crippen LogP contribution is 2.33. The van der Waals surface area contributed by atoms with Crippen molar-refractivity contribution >= 4 is 17.5 Å². The van der Waals surface area contributed by atoms with Crippen molar-refractivity contribution in [1.29, 1.82) is 0 Å². The van der Waals surface area contributed by atoms with E-state index in [9.17, 15) is 9.59 Å². The number of methoxy groups -OCH3 is 1. The van der Waals surface area contributed by atoms with Crippen LogP contribution in [-0.4, -0.2) is 41.8 Å². The van der Waals surface area contributed by atoms with Gasteiger partial charge in [-0.3, -0.25) is 14.3 Å². The van der Waals surface area contributed by atoms with Gasteiger partial charge in [-0.1, -0.05) is 6.07 Å². The van der Waals surface area contributed by atoms with Gasteiger partial charge in [-0.15, -0.1) is 0 Å². The minimum atomic E-state index is -0.341. The van der Waals surface area contributed by atoms with Gasteiger partial charge in [0.15, 0.2) is 0 Å². The number of anilines is 1. The summed E-state index contributed by atoms with van der Waals surface area (Å²) in [5, 5.41) is 7.39. The van der Waals surface area contributed by atoms with Crippen molar-refractivity contribution in [2.45, 2.75) is 40.2 Å². The molecular weight excluding hydrogens is 356 g/mol. The van der Waals surface area contributed by atoms with Crippen LogP contribution in [0.25, 0.3) is 0 Å². The van der Waals surface area contributed by atoms with Crippen LogP contribution in [0.15, 0.2) is 24.3 Å². The molecule has 0 bridgehead atoms. The standard InChI is InChI=1S/C21H28N4O3/c1-14-6-7-19(28-4)18(10-14)24-13-17(12-20(24)26)21(27)22-8-5-9-25-16(3)11-15(2)23-25/h6-7,10-11,17H,5,8-9,12-13H2,1-4H3,(H,22,27). The Hall–Kier alpha value is -2.83. The Morgan fingerprint density at radius 2 is 2.07 bits per heavy atom. The van der Waals surface area contributed by atoms with E-state index in [-0.39, 0.29) is 24.2 Å². The number of nitrogens with one attached hydrogen (secondary N) is 1. The Labute approximate surface area is 165 Å². The quantitative estimate of drug-likeness (QED) is 0.744. The van der Waals surface area contributed by atoms with E-state index < -0.39 is 0 Å². The number of carbonyl (C=O) groups excluding carboxylic acids is 2. The van der Waals surface area contributed by atoms with Gasteiger partial charge in [0, 0.05) is 31.7 Å². The first-order valence-electron chi connectivity index (χ1n) is 9.63. The summed E-state index contributed by atoms with van der Waals surface area (Å²) in [6, 6.07) is 7.75. The second kappa shape index (κ2) is 8.46. The Morgan fingerprint density at radius 1 is 1.29 bits per heavy atom. The molecule has 150 valence electrons. The van der Waals surface area contributed by atoms with Crippen LogP contribution in [0, 0.1) is 26.7 Å². The third kappa shape index (κ3) is 4.35. The molecule has 7 heteroatoms. The molecule has 0 saturated carbocycles. The summed E-state index contributed by atoms with van der Waals surface area (Å²) in [4.78, 5) is 26.7. The van der Waals surface area contributed by atoms with Crippen molar-refractivity contribution in [3.8, 4) is 5.75 Å². The molecule has 1 N–H and O–H groups in total. The lowest BCUT2D eigenvalue weighted by Gasteiger charge is -2.20. The van der Waals surface area contributed by atoms with Gasteiger partial charge in [-0.25, -0.2) is 0 Å². The Balaban J connectivity index is 1.54. The first-order valence-corrected chi connectivity index (χ1v) is 9.63. The lowest BCUT2D eigenvalue weighted by Crippen LogP contribution is -2.34. The van der Waals surface area contributed by atoms with E-state index in [0.29, 0.717) is 18.8 Å². The number of aryl methyl sites for hydroxylation is 4. The number of nitrogens with zero attached hydrogens (tertiary/aromatic N) is 3. The number of amides is 2. The summed E-state index contributed by atoms with van der Waals surface area (Å²) < 4.78 is 7.34. The summed E-state index contributed by atoms with van der Waals surface area (Å²) in [5.41, 5.74) is 3.89. The molecule has 1 aromatic heterocycles. The topological polar surface area (TPSA) is 76.5 Å². The molecule has 1 fully saturated rings. The summed E-state index contributed by atoms with van der Waals surface area (Å²) in [7, 11) is 1.59. The average molecular weight is 384 g/mol. The molecule has 7 nitrogen and oxygen atoms in total. The Bertz CT molecular complexity index is 875. The molecule has 1 atom stereocenters. The first-order chi connectivity index (χ1) is 13.4. The number of benzene rings is 1. The fraction of sp³-hybridized carbons (Fsp3) is 0.476. The van der Waals surface area contributed by atoms with Crippen molar-refractivity contribution in [2.24, 2.45) is 5.92 Å². The molecule has 2 heterocycles. The first kappa shape index (κ1) is 19.9. The molecule has 3 rings (SSSR count). The summed E-state index contributed by atoms with van der Waals surface area (Å²) in [6.07, 6.45) is 1.02. The van der Waals surface area contributed by atoms with E-state index in [2.05, 4.69) is 10.4 Å². The molecule has 1 aliphatic rings. The SMILES string of the molecule is COc1ccc(C)cc1N1CC(C(=O)NCCCn2nc(C)cc2C)CC1=O. The predicted molar refractivity (Wildman–Crippen MR) is 108 cm³/mol. The third-order valence-corrected chi connectivity index (χ3v) is 5.07. The van der Waals surface area contributed by atoms with Gasteiger partial charge in [-0.2, -0.15) is 5.10 Å². The molecule has 1 unspecified atom stereocenters. The van der Waals surface area contributed by atoms with Crippen LogP contribution in [0.5, 0.6) is 5.75 Å². The molecule has 2 amide bonds. The van der Waals surface area contributed by atoms with E-state index in [4.69, 9.17) is 4.74 Å². The van der Waals surface area contributed by atoms with Crippen LogP contribution >= 0.6 is 0 Å². The number of aromatic nitrogens is 2. The molecule has 1 saturated heterocycles. The van der Waals surface area contributed by atoms with Crippen molar-refractivity contribution in [3.05, 3.63) is 41.2 Å². The lowest BCUT2D eigenvalue weighted by molar-refractivity contribution is -0.126. The van der Waals surface area contributed by atoms with Gasteiger partial charge < -0.3 is 15.0 Å². The monoisotopic (exact) mass is 384 g/mol. The maximum Gasteiger partial charge on any atom is 0.227 e. The van der Waals surface area contributed by atoms with Crippen molar-refractivity contribution in [3.63, 3.8) is 0 Å². The number of hydrogen-bond acceptors (Lipinski definition) is 4. The molecule has 1 aliphatic heterocycles. The molecule has 0 spiro atoms. The highest BCUT2D eigenvalue weighted by molar-refractivity contribution is 6.01. The number of hydrogen-bond donors (Lipinski definition) is 1. The Kier molecular flexibility index (Phi) is 6.02. The van der Waals surface area contributed by atoms with Crippen molar-refractivity contribution in [1.82, 2.24) is 15.1 Å². The van der Waals surface area contributed by atoms with Crippen LogP contribution in [0.3, 0.4) is 0 Å². The largest absolute Gasteiger partial charge is 0.495 e. The van der Waals surface area contributed by atoms with Gasteiger partial charge in [-0.05, 0) is 51.0 Å². The highest BCUT2D eigenvalue weighted by Gasteiger charge is 2.36. The van der Waals surface area contributed by atoms with Crippen LogP contribution < -0.4 is 15.0 Å². The van der Waals surface area contributed by atoms with Gasteiger partial charge in [0.1, 0.15) is 5.75 Å². The maximum atomic E-state index is 12.5. The van der Waals surface area contributed by atoms with E-state index in [1.807, 2.05) is 49.7 Å². The lowest BCUT2D eigenvalue weighted by atomic mass is 10.1. The highest BCUT2D eigenvalue weighted by atomic mass is 16.5. The molecule has 1 aromatic carbocycles. The maximum absolute atomic E-state index is 12.5. The van der Waals surface area contributed by atoms with Gasteiger partial charge in [0.25, 0.3) is 0 Å². The predicted octanol–water partition coefficient (Wildman–Crippen LogP) is 2.38. The Morgan fingerprint density at radius 3 is 2.75 bits per heavy atom. The zero-order valence-corrected chi connectivity index (χ0v) is 17.0. The van der Waals surface area contributed by atoms with Crippen LogP contribution in [0.2, 0.25) is 0 Å². The van der Waals surface area contributed by atoms with Crippen molar-refractivity contribution in [2.75, 3.05) is 25.1 Å². The fourth-order valence-electron chi connectivity index (χ4n) is 3.61. The molecule has 0 aliphatic carbocycles. The normalized spacial score (nSPS) is 16.5. The van der Waals surface area contributed by atoms with Crippen LogP contribution in [-0.2, 0) is 16.1 Å². The zero-order chi connectivity index (χ0) is 20.3. The van der Waals surface area contributed by atoms with Gasteiger partial charge in [0.2, 0.25) is 11.8 Å². The molecule has 0 radical (unpaired) electrons. The summed E-state index contributed by atoms with van der Waals surface area (Å²) >= 11 is 0. The third-order valence-electron chi connectivity index (χ3n) is 5.07. The molecular formula is C21H28N4O3. The smallest absolute Gasteiger partial charge is 0.227 e. The minimum absolute atomic E-state index is 0.0494. The van der Waals surface area contributed by atoms with Gasteiger partial charge in [0.05, 0.1) is 24.4 Å². The molecule has 28 heavy (non-hydrogen) atoms. The number of carbonyl (C=O) groups is 2. The van der Waals surface area contributed by atoms with E-state index in [1.54, 1.807) is 12.0 Å². The second-order valence-electron chi connectivity index (χ2n) is 7.38.